The van der Waals surface area contributed by atoms with Crippen LogP contribution in [0.2, 0.25) is 0 Å². The Bertz CT molecular complexity index is 255. The fraction of sp³-hybridized carbons (Fsp3) is 1.00. The monoisotopic (exact) mass is 238 g/mol. The average molecular weight is 238 g/mol. The molecule has 2 N–H and O–H groups in total. The molecule has 0 aromatic carbocycles. The van der Waals surface area contributed by atoms with Crippen LogP contribution >= 0.6 is 0 Å². The zero-order valence-electron chi connectivity index (χ0n) is 10.8. The number of likely N-dealkylation sites (tertiary alicyclic amines) is 1. The normalized spacial score (nSPS) is 40.4. The Morgan fingerprint density at radius 1 is 0.941 bits per heavy atom. The molecule has 3 fully saturated rings. The van der Waals surface area contributed by atoms with Crippen molar-refractivity contribution in [1.82, 2.24) is 10.2 Å². The molecule has 2 saturated carbocycles. The largest absolute Gasteiger partial charge is 0.392 e. The average Bonchev–Trinajstić information content (AvgIpc) is 3.09. The maximum absolute atomic E-state index is 10.1. The lowest BCUT2D eigenvalue weighted by Gasteiger charge is -2.26. The van der Waals surface area contributed by atoms with Crippen molar-refractivity contribution in [2.75, 3.05) is 13.1 Å². The highest BCUT2D eigenvalue weighted by Gasteiger charge is 2.35. The Kier molecular flexibility index (Phi) is 3.69. The second kappa shape index (κ2) is 5.25. The predicted molar refractivity (Wildman–Crippen MR) is 69.0 cm³/mol. The molecule has 0 aromatic heterocycles. The van der Waals surface area contributed by atoms with Gasteiger partial charge >= 0.3 is 0 Å². The van der Waals surface area contributed by atoms with Crippen LogP contribution < -0.4 is 5.32 Å². The summed E-state index contributed by atoms with van der Waals surface area (Å²) in [6.45, 7) is 2.49. The number of nitrogens with zero attached hydrogens (tertiary/aromatic N) is 1. The first kappa shape index (κ1) is 11.9. The first-order valence-corrected chi connectivity index (χ1v) is 7.51. The van der Waals surface area contributed by atoms with Crippen LogP contribution in [0.4, 0.5) is 0 Å². The van der Waals surface area contributed by atoms with Gasteiger partial charge in [0.15, 0.2) is 0 Å². The minimum absolute atomic E-state index is 0.104. The van der Waals surface area contributed by atoms with E-state index < -0.39 is 0 Å². The van der Waals surface area contributed by atoms with Gasteiger partial charge in [0.25, 0.3) is 0 Å². The van der Waals surface area contributed by atoms with Crippen LogP contribution in [0.25, 0.3) is 0 Å². The van der Waals surface area contributed by atoms with Gasteiger partial charge in [-0.25, -0.2) is 0 Å². The summed E-state index contributed by atoms with van der Waals surface area (Å²) in [5.41, 5.74) is 0. The predicted octanol–water partition coefficient (Wildman–Crippen LogP) is 1.51. The smallest absolute Gasteiger partial charge is 0.0693 e. The van der Waals surface area contributed by atoms with Crippen LogP contribution in [0.15, 0.2) is 0 Å². The van der Waals surface area contributed by atoms with Gasteiger partial charge in [0.05, 0.1) is 6.10 Å². The van der Waals surface area contributed by atoms with E-state index in [1.165, 1.54) is 58.0 Å². The number of rotatable bonds is 3. The lowest BCUT2D eigenvalue weighted by molar-refractivity contribution is 0.113. The molecule has 0 spiro atoms. The number of hydrogen-bond acceptors (Lipinski definition) is 3. The van der Waals surface area contributed by atoms with E-state index in [1.54, 1.807) is 0 Å². The standard InChI is InChI=1S/C14H26N2O/c17-14-5-3-1-2-4-13(14)15-11-8-9-16(10-11)12-6-7-12/h11-15,17H,1-10H2. The zero-order valence-corrected chi connectivity index (χ0v) is 10.8. The van der Waals surface area contributed by atoms with E-state index in [2.05, 4.69) is 10.2 Å². The SMILES string of the molecule is OC1CCCCCC1NC1CCN(C2CC2)C1. The van der Waals surface area contributed by atoms with E-state index in [4.69, 9.17) is 0 Å². The molecule has 17 heavy (non-hydrogen) atoms. The zero-order chi connectivity index (χ0) is 11.7. The summed E-state index contributed by atoms with van der Waals surface area (Å²) in [5.74, 6) is 0. The highest BCUT2D eigenvalue weighted by atomic mass is 16.3. The molecule has 1 saturated heterocycles. The summed E-state index contributed by atoms with van der Waals surface area (Å²) < 4.78 is 0. The van der Waals surface area contributed by atoms with Gasteiger partial charge in [-0.3, -0.25) is 4.90 Å². The van der Waals surface area contributed by atoms with Crippen LogP contribution in [0.1, 0.15) is 51.4 Å². The van der Waals surface area contributed by atoms with Gasteiger partial charge in [-0.15, -0.1) is 0 Å². The molecular formula is C14H26N2O. The maximum Gasteiger partial charge on any atom is 0.0693 e. The molecule has 3 unspecified atom stereocenters. The van der Waals surface area contributed by atoms with Crippen molar-refractivity contribution in [1.29, 1.82) is 0 Å². The summed E-state index contributed by atoms with van der Waals surface area (Å²) in [5, 5.41) is 13.8. The molecule has 98 valence electrons. The molecule has 0 radical (unpaired) electrons. The third-order valence-corrected chi connectivity index (χ3v) is 4.71. The van der Waals surface area contributed by atoms with Crippen LogP contribution in [0.3, 0.4) is 0 Å². The van der Waals surface area contributed by atoms with Gasteiger partial charge in [-0.05, 0) is 32.1 Å². The summed E-state index contributed by atoms with van der Waals surface area (Å²) in [4.78, 5) is 2.64. The van der Waals surface area contributed by atoms with E-state index >= 15 is 0 Å². The topological polar surface area (TPSA) is 35.5 Å². The van der Waals surface area contributed by atoms with Crippen molar-refractivity contribution in [2.24, 2.45) is 0 Å². The van der Waals surface area contributed by atoms with E-state index in [0.29, 0.717) is 12.1 Å². The van der Waals surface area contributed by atoms with E-state index in [-0.39, 0.29) is 6.10 Å². The number of aliphatic hydroxyl groups is 1. The molecule has 3 atom stereocenters. The van der Waals surface area contributed by atoms with Crippen LogP contribution in [0, 0.1) is 0 Å². The van der Waals surface area contributed by atoms with Gasteiger partial charge in [0.2, 0.25) is 0 Å². The quantitative estimate of drug-likeness (QED) is 0.732. The molecule has 3 aliphatic rings. The highest BCUT2D eigenvalue weighted by Crippen LogP contribution is 2.30. The Labute approximate surface area is 105 Å². The molecule has 1 heterocycles. The third kappa shape index (κ3) is 3.01. The van der Waals surface area contributed by atoms with E-state index in [9.17, 15) is 5.11 Å². The Morgan fingerprint density at radius 3 is 2.59 bits per heavy atom. The van der Waals surface area contributed by atoms with Crippen molar-refractivity contribution in [2.45, 2.75) is 75.6 Å². The minimum atomic E-state index is -0.104. The lowest BCUT2D eigenvalue weighted by Crippen LogP contribution is -2.46. The Balaban J connectivity index is 1.48. The van der Waals surface area contributed by atoms with Crippen molar-refractivity contribution >= 4 is 0 Å². The van der Waals surface area contributed by atoms with Crippen molar-refractivity contribution in [3.8, 4) is 0 Å². The van der Waals surface area contributed by atoms with Gasteiger partial charge in [-0.1, -0.05) is 19.3 Å². The van der Waals surface area contributed by atoms with Gasteiger partial charge in [0, 0.05) is 31.2 Å². The summed E-state index contributed by atoms with van der Waals surface area (Å²) in [6, 6.07) is 1.90. The Hall–Kier alpha value is -0.120. The van der Waals surface area contributed by atoms with Gasteiger partial charge in [-0.2, -0.15) is 0 Å². The van der Waals surface area contributed by atoms with Crippen molar-refractivity contribution < 1.29 is 5.11 Å². The summed E-state index contributed by atoms with van der Waals surface area (Å²) in [6.07, 6.45) is 9.96. The van der Waals surface area contributed by atoms with Crippen molar-refractivity contribution in [3.63, 3.8) is 0 Å². The number of hydrogen-bond donors (Lipinski definition) is 2. The second-order valence-electron chi connectivity index (χ2n) is 6.19. The van der Waals surface area contributed by atoms with Crippen LogP contribution in [-0.2, 0) is 0 Å². The van der Waals surface area contributed by atoms with E-state index in [1.807, 2.05) is 0 Å². The maximum atomic E-state index is 10.1. The molecule has 3 rings (SSSR count). The Morgan fingerprint density at radius 2 is 1.76 bits per heavy atom. The molecule has 3 nitrogen and oxygen atoms in total. The van der Waals surface area contributed by atoms with Crippen LogP contribution in [-0.4, -0.2) is 47.3 Å². The molecule has 2 aliphatic carbocycles. The third-order valence-electron chi connectivity index (χ3n) is 4.71. The molecule has 0 bridgehead atoms. The van der Waals surface area contributed by atoms with E-state index in [0.717, 1.165) is 12.5 Å². The molecule has 0 aromatic rings. The molecular weight excluding hydrogens is 212 g/mol. The highest BCUT2D eigenvalue weighted by molar-refractivity contribution is 4.93. The molecule has 1 aliphatic heterocycles. The van der Waals surface area contributed by atoms with Gasteiger partial charge < -0.3 is 10.4 Å². The number of aliphatic hydroxyl groups excluding tert-OH is 1. The van der Waals surface area contributed by atoms with Gasteiger partial charge in [0.1, 0.15) is 0 Å². The number of nitrogens with one attached hydrogen (secondary N) is 1. The summed E-state index contributed by atoms with van der Waals surface area (Å²) in [7, 11) is 0. The van der Waals surface area contributed by atoms with Crippen molar-refractivity contribution in [3.05, 3.63) is 0 Å². The lowest BCUT2D eigenvalue weighted by atomic mass is 10.0. The van der Waals surface area contributed by atoms with Crippen LogP contribution in [0.5, 0.6) is 0 Å². The fourth-order valence-corrected chi connectivity index (χ4v) is 3.48. The second-order valence-corrected chi connectivity index (χ2v) is 6.19. The fourth-order valence-electron chi connectivity index (χ4n) is 3.48. The molecule has 3 heteroatoms. The first-order valence-electron chi connectivity index (χ1n) is 7.51. The summed E-state index contributed by atoms with van der Waals surface area (Å²) >= 11 is 0. The molecule has 0 amide bonds. The first-order chi connectivity index (χ1) is 8.33. The minimum Gasteiger partial charge on any atom is -0.392 e.